The van der Waals surface area contributed by atoms with Crippen molar-refractivity contribution in [1.82, 2.24) is 30.9 Å². The second kappa shape index (κ2) is 10.3. The number of carbonyl (C=O) groups is 3. The highest BCUT2D eigenvalue weighted by Gasteiger charge is 2.25. The van der Waals surface area contributed by atoms with Gasteiger partial charge in [0.1, 0.15) is 30.1 Å². The molecule has 172 valence electrons. The smallest absolute Gasteiger partial charge is 0.252 e. The molecule has 2 aromatic rings. The molecule has 1 aromatic carbocycles. The summed E-state index contributed by atoms with van der Waals surface area (Å²) in [5.74, 6) is -0.381. The highest BCUT2D eigenvalue weighted by molar-refractivity contribution is 5.98. The number of hydrogen-bond donors (Lipinski definition) is 3. The van der Waals surface area contributed by atoms with E-state index in [-0.39, 0.29) is 18.4 Å². The van der Waals surface area contributed by atoms with E-state index in [1.165, 1.54) is 0 Å². The third kappa shape index (κ3) is 6.05. The Hall–Kier alpha value is -3.43. The van der Waals surface area contributed by atoms with Crippen molar-refractivity contribution in [2.45, 2.75) is 59.3 Å². The summed E-state index contributed by atoms with van der Waals surface area (Å²) in [6, 6.07) is 3.58. The van der Waals surface area contributed by atoms with Crippen molar-refractivity contribution < 1.29 is 19.1 Å². The van der Waals surface area contributed by atoms with Crippen LogP contribution in [0.1, 0.15) is 48.8 Å². The molecule has 1 aliphatic heterocycles. The molecule has 1 aliphatic rings. The SMILES string of the molecule is Cc1ccc2cc1OCCn1cc(nn1)CNC(=O)[C@@H](CC(C)C)NC(=O)[C@@H](C)NC2=O. The molecule has 2 heterocycles. The molecule has 2 atom stereocenters. The Morgan fingerprint density at radius 2 is 1.97 bits per heavy atom. The lowest BCUT2D eigenvalue weighted by molar-refractivity contribution is -0.130. The van der Waals surface area contributed by atoms with E-state index in [4.69, 9.17) is 4.74 Å². The van der Waals surface area contributed by atoms with Crippen LogP contribution in [-0.4, -0.2) is 51.4 Å². The van der Waals surface area contributed by atoms with E-state index >= 15 is 0 Å². The normalized spacial score (nSPS) is 20.5. The number of benzene rings is 1. The molecular formula is C22H30N6O4. The third-order valence-electron chi connectivity index (χ3n) is 5.14. The monoisotopic (exact) mass is 442 g/mol. The number of aromatic nitrogens is 3. The number of rotatable bonds is 2. The van der Waals surface area contributed by atoms with Crippen LogP contribution >= 0.6 is 0 Å². The topological polar surface area (TPSA) is 127 Å². The van der Waals surface area contributed by atoms with Gasteiger partial charge in [-0.15, -0.1) is 5.10 Å². The zero-order valence-electron chi connectivity index (χ0n) is 18.8. The minimum Gasteiger partial charge on any atom is -0.491 e. The molecule has 3 amide bonds. The minimum atomic E-state index is -0.825. The fraction of sp³-hybridized carbons (Fsp3) is 0.500. The summed E-state index contributed by atoms with van der Waals surface area (Å²) in [6.45, 7) is 8.40. The summed E-state index contributed by atoms with van der Waals surface area (Å²) in [7, 11) is 0. The van der Waals surface area contributed by atoms with Gasteiger partial charge in [-0.05, 0) is 43.9 Å². The first-order chi connectivity index (χ1) is 15.2. The van der Waals surface area contributed by atoms with Crippen molar-refractivity contribution in [1.29, 1.82) is 0 Å². The van der Waals surface area contributed by atoms with E-state index in [0.29, 0.717) is 36.6 Å². The lowest BCUT2D eigenvalue weighted by atomic mass is 10.0. The third-order valence-corrected chi connectivity index (χ3v) is 5.14. The van der Waals surface area contributed by atoms with E-state index in [1.807, 2.05) is 20.8 Å². The predicted molar refractivity (Wildman–Crippen MR) is 117 cm³/mol. The summed E-state index contributed by atoms with van der Waals surface area (Å²) >= 11 is 0. The van der Waals surface area contributed by atoms with Crippen LogP contribution in [0.2, 0.25) is 0 Å². The van der Waals surface area contributed by atoms with Crippen LogP contribution in [0, 0.1) is 12.8 Å². The van der Waals surface area contributed by atoms with Crippen LogP contribution in [0.15, 0.2) is 24.4 Å². The lowest BCUT2D eigenvalue weighted by Crippen LogP contribution is -2.53. The molecule has 10 nitrogen and oxygen atoms in total. The van der Waals surface area contributed by atoms with Crippen LogP contribution in [0.5, 0.6) is 5.75 Å². The van der Waals surface area contributed by atoms with Gasteiger partial charge < -0.3 is 20.7 Å². The van der Waals surface area contributed by atoms with Crippen molar-refractivity contribution in [3.8, 4) is 5.75 Å². The molecular weight excluding hydrogens is 412 g/mol. The maximum absolute atomic E-state index is 12.7. The summed E-state index contributed by atoms with van der Waals surface area (Å²) < 4.78 is 7.47. The van der Waals surface area contributed by atoms with Crippen LogP contribution in [0.4, 0.5) is 0 Å². The maximum Gasteiger partial charge on any atom is 0.252 e. The highest BCUT2D eigenvalue weighted by Crippen LogP contribution is 2.20. The number of nitrogens with zero attached hydrogens (tertiary/aromatic N) is 3. The molecule has 0 radical (unpaired) electrons. The average Bonchev–Trinajstić information content (AvgIpc) is 3.19. The van der Waals surface area contributed by atoms with Crippen LogP contribution in [0.3, 0.4) is 0 Å². The van der Waals surface area contributed by atoms with Gasteiger partial charge >= 0.3 is 0 Å². The Balaban J connectivity index is 1.86. The Morgan fingerprint density at radius 1 is 1.19 bits per heavy atom. The van der Waals surface area contributed by atoms with Gasteiger partial charge in [0, 0.05) is 5.56 Å². The molecule has 1 aromatic heterocycles. The van der Waals surface area contributed by atoms with Crippen LogP contribution in [-0.2, 0) is 22.7 Å². The molecule has 0 fully saturated rings. The van der Waals surface area contributed by atoms with Crippen LogP contribution in [0.25, 0.3) is 0 Å². The number of aryl methyl sites for hydroxylation is 1. The molecule has 0 unspecified atom stereocenters. The molecule has 10 heteroatoms. The largest absolute Gasteiger partial charge is 0.491 e. The molecule has 0 saturated heterocycles. The Bertz CT molecular complexity index is 987. The van der Waals surface area contributed by atoms with Crippen molar-refractivity contribution >= 4 is 17.7 Å². The predicted octanol–water partition coefficient (Wildman–Crippen LogP) is 0.945. The maximum atomic E-state index is 12.7. The molecule has 3 rings (SSSR count). The number of nitrogens with one attached hydrogen (secondary N) is 3. The van der Waals surface area contributed by atoms with Gasteiger partial charge in [-0.3, -0.25) is 14.4 Å². The van der Waals surface area contributed by atoms with Gasteiger partial charge in [0.2, 0.25) is 11.8 Å². The summed E-state index contributed by atoms with van der Waals surface area (Å²) in [5, 5.41) is 16.4. The van der Waals surface area contributed by atoms with Crippen molar-refractivity contribution in [2.75, 3.05) is 6.61 Å². The van der Waals surface area contributed by atoms with Crippen LogP contribution < -0.4 is 20.7 Å². The minimum absolute atomic E-state index is 0.181. The Morgan fingerprint density at radius 3 is 2.72 bits per heavy atom. The average molecular weight is 443 g/mol. The second-order valence-corrected chi connectivity index (χ2v) is 8.41. The van der Waals surface area contributed by atoms with Crippen molar-refractivity contribution in [2.24, 2.45) is 5.92 Å². The van der Waals surface area contributed by atoms with Crippen molar-refractivity contribution in [3.63, 3.8) is 0 Å². The Labute approximate surface area is 187 Å². The first-order valence-electron chi connectivity index (χ1n) is 10.7. The van der Waals surface area contributed by atoms with Gasteiger partial charge in [0.25, 0.3) is 5.91 Å². The van der Waals surface area contributed by atoms with Gasteiger partial charge in [-0.2, -0.15) is 0 Å². The highest BCUT2D eigenvalue weighted by atomic mass is 16.5. The van der Waals surface area contributed by atoms with Gasteiger partial charge in [-0.1, -0.05) is 25.1 Å². The van der Waals surface area contributed by atoms with Crippen molar-refractivity contribution in [3.05, 3.63) is 41.2 Å². The number of carbonyl (C=O) groups excluding carboxylic acids is 3. The molecule has 0 saturated carbocycles. The van der Waals surface area contributed by atoms with E-state index in [1.54, 1.807) is 36.0 Å². The second-order valence-electron chi connectivity index (χ2n) is 8.41. The fourth-order valence-electron chi connectivity index (χ4n) is 3.32. The van der Waals surface area contributed by atoms with Gasteiger partial charge in [-0.25, -0.2) is 4.68 Å². The molecule has 0 aliphatic carbocycles. The number of fused-ring (bicyclic) bond motifs is 4. The molecule has 3 N–H and O–H groups in total. The number of ether oxygens (including phenoxy) is 1. The summed E-state index contributed by atoms with van der Waals surface area (Å²) in [5.41, 5.74) is 1.87. The fourth-order valence-corrected chi connectivity index (χ4v) is 3.32. The van der Waals surface area contributed by atoms with E-state index in [2.05, 4.69) is 26.3 Å². The van der Waals surface area contributed by atoms with Gasteiger partial charge in [0.15, 0.2) is 0 Å². The first-order valence-corrected chi connectivity index (χ1v) is 10.7. The first kappa shape index (κ1) is 23.2. The standard InChI is InChI=1S/C22H30N6O4/c1-13(2)9-18-22(31)23-11-17-12-28(27-26-17)7-8-32-19-10-16(6-5-14(19)3)21(30)24-15(4)20(29)25-18/h5-6,10,12-13,15,18H,7-9,11H2,1-4H3,(H,23,31)(H,24,30)(H,25,29)/t15-,18-/m1/s1. The quantitative estimate of drug-likeness (QED) is 0.635. The number of hydrogen-bond acceptors (Lipinski definition) is 6. The number of amides is 3. The summed E-state index contributed by atoms with van der Waals surface area (Å²) in [6.07, 6.45) is 2.20. The molecule has 0 spiro atoms. The Kier molecular flexibility index (Phi) is 7.45. The van der Waals surface area contributed by atoms with E-state index in [9.17, 15) is 14.4 Å². The van der Waals surface area contributed by atoms with E-state index in [0.717, 1.165) is 5.56 Å². The zero-order chi connectivity index (χ0) is 23.3. The summed E-state index contributed by atoms with van der Waals surface area (Å²) in [4.78, 5) is 38.1. The van der Waals surface area contributed by atoms with E-state index < -0.39 is 23.9 Å². The van der Waals surface area contributed by atoms with Gasteiger partial charge in [0.05, 0.1) is 19.3 Å². The molecule has 4 bridgehead atoms. The molecule has 32 heavy (non-hydrogen) atoms. The lowest BCUT2D eigenvalue weighted by Gasteiger charge is -2.22. The zero-order valence-corrected chi connectivity index (χ0v) is 18.8.